The minimum atomic E-state index is -0.402. The van der Waals surface area contributed by atoms with E-state index in [0.29, 0.717) is 19.0 Å². The molecule has 1 amide bonds. The van der Waals surface area contributed by atoms with Crippen LogP contribution >= 0.6 is 0 Å². The van der Waals surface area contributed by atoms with Crippen LogP contribution in [0.1, 0.15) is 42.7 Å². The SMILES string of the molecule is CC(CN)CNC(=O)c1nn(-c2ccc(C(C)C)cc2)cc1O. The van der Waals surface area contributed by atoms with Crippen molar-refractivity contribution in [3.63, 3.8) is 0 Å². The molecule has 0 aliphatic heterocycles. The normalized spacial score (nSPS) is 12.4. The number of hydrogen-bond donors (Lipinski definition) is 3. The summed E-state index contributed by atoms with van der Waals surface area (Å²) < 4.78 is 1.50. The summed E-state index contributed by atoms with van der Waals surface area (Å²) in [5.74, 6) is 0.0730. The van der Waals surface area contributed by atoms with Gasteiger partial charge in [0.05, 0.1) is 11.9 Å². The highest BCUT2D eigenvalue weighted by Gasteiger charge is 2.17. The fraction of sp³-hybridized carbons (Fsp3) is 0.412. The molecule has 0 fully saturated rings. The number of carbonyl (C=O) groups is 1. The largest absolute Gasteiger partial charge is 0.504 e. The summed E-state index contributed by atoms with van der Waals surface area (Å²) >= 11 is 0. The number of nitrogens with zero attached hydrogens (tertiary/aromatic N) is 2. The molecule has 0 saturated heterocycles. The molecule has 0 radical (unpaired) electrons. The van der Waals surface area contributed by atoms with Crippen LogP contribution in [0.5, 0.6) is 5.75 Å². The number of amides is 1. The maximum atomic E-state index is 12.1. The smallest absolute Gasteiger partial charge is 0.275 e. The first-order valence-corrected chi connectivity index (χ1v) is 7.79. The molecule has 1 atom stereocenters. The standard InChI is InChI=1S/C17H24N4O2/c1-11(2)13-4-6-14(7-5-13)21-10-15(22)16(20-21)17(23)19-9-12(3)8-18/h4-7,10-12,22H,8-9,18H2,1-3H3,(H,19,23). The van der Waals surface area contributed by atoms with E-state index in [0.717, 1.165) is 5.69 Å². The molecule has 1 unspecified atom stereocenters. The Morgan fingerprint density at radius 2 is 1.96 bits per heavy atom. The summed E-state index contributed by atoms with van der Waals surface area (Å²) in [6, 6.07) is 7.86. The molecule has 0 spiro atoms. The number of nitrogens with two attached hydrogens (primary N) is 1. The predicted molar refractivity (Wildman–Crippen MR) is 89.9 cm³/mol. The molecule has 0 bridgehead atoms. The van der Waals surface area contributed by atoms with E-state index in [1.807, 2.05) is 31.2 Å². The zero-order chi connectivity index (χ0) is 17.0. The number of nitrogens with one attached hydrogen (secondary N) is 1. The number of carbonyl (C=O) groups excluding carboxylic acids is 1. The van der Waals surface area contributed by atoms with Crippen molar-refractivity contribution in [3.8, 4) is 11.4 Å². The van der Waals surface area contributed by atoms with Crippen molar-refractivity contribution in [2.24, 2.45) is 11.7 Å². The average molecular weight is 316 g/mol. The maximum Gasteiger partial charge on any atom is 0.275 e. The Bertz CT molecular complexity index is 662. The van der Waals surface area contributed by atoms with E-state index in [2.05, 4.69) is 24.3 Å². The van der Waals surface area contributed by atoms with Crippen LogP contribution in [0, 0.1) is 5.92 Å². The van der Waals surface area contributed by atoms with E-state index in [1.165, 1.54) is 16.4 Å². The van der Waals surface area contributed by atoms with Crippen LogP contribution in [0.25, 0.3) is 5.69 Å². The molecule has 1 heterocycles. The van der Waals surface area contributed by atoms with Gasteiger partial charge in [-0.2, -0.15) is 5.10 Å². The molecule has 2 aromatic rings. The third-order valence-corrected chi connectivity index (χ3v) is 3.75. The minimum absolute atomic E-state index is 0.0159. The van der Waals surface area contributed by atoms with Gasteiger partial charge >= 0.3 is 0 Å². The molecule has 124 valence electrons. The Hall–Kier alpha value is -2.34. The van der Waals surface area contributed by atoms with Gasteiger partial charge in [0.15, 0.2) is 11.4 Å². The minimum Gasteiger partial charge on any atom is -0.504 e. The lowest BCUT2D eigenvalue weighted by Crippen LogP contribution is -2.31. The molecule has 23 heavy (non-hydrogen) atoms. The van der Waals surface area contributed by atoms with Gasteiger partial charge < -0.3 is 16.2 Å². The first kappa shape index (κ1) is 17.0. The number of aromatic nitrogens is 2. The lowest BCUT2D eigenvalue weighted by atomic mass is 10.0. The molecule has 1 aromatic carbocycles. The van der Waals surface area contributed by atoms with Gasteiger partial charge in [0.25, 0.3) is 5.91 Å². The molecule has 6 nitrogen and oxygen atoms in total. The first-order valence-electron chi connectivity index (χ1n) is 7.79. The van der Waals surface area contributed by atoms with E-state index in [9.17, 15) is 9.90 Å². The van der Waals surface area contributed by atoms with Gasteiger partial charge in [-0.15, -0.1) is 0 Å². The van der Waals surface area contributed by atoms with Crippen molar-refractivity contribution >= 4 is 5.91 Å². The Morgan fingerprint density at radius 3 is 2.52 bits per heavy atom. The first-order chi connectivity index (χ1) is 10.9. The van der Waals surface area contributed by atoms with E-state index in [4.69, 9.17) is 5.73 Å². The molecule has 0 aliphatic rings. The molecule has 1 aromatic heterocycles. The van der Waals surface area contributed by atoms with Crippen LogP contribution in [0.2, 0.25) is 0 Å². The summed E-state index contributed by atoms with van der Waals surface area (Å²) in [5, 5.41) is 16.9. The zero-order valence-electron chi connectivity index (χ0n) is 13.8. The van der Waals surface area contributed by atoms with Crippen LogP contribution in [0.15, 0.2) is 30.5 Å². The molecule has 0 aliphatic carbocycles. The van der Waals surface area contributed by atoms with Gasteiger partial charge in [-0.3, -0.25) is 4.79 Å². The number of rotatable bonds is 6. The van der Waals surface area contributed by atoms with E-state index >= 15 is 0 Å². The van der Waals surface area contributed by atoms with Crippen molar-refractivity contribution in [2.45, 2.75) is 26.7 Å². The summed E-state index contributed by atoms with van der Waals surface area (Å²) in [6.07, 6.45) is 1.44. The van der Waals surface area contributed by atoms with Gasteiger partial charge in [0.2, 0.25) is 0 Å². The molecule has 2 rings (SSSR count). The second-order valence-corrected chi connectivity index (χ2v) is 6.10. The Balaban J connectivity index is 2.15. The summed E-state index contributed by atoms with van der Waals surface area (Å²) in [4.78, 5) is 12.1. The summed E-state index contributed by atoms with van der Waals surface area (Å²) in [5.41, 5.74) is 7.55. The zero-order valence-corrected chi connectivity index (χ0v) is 13.8. The second kappa shape index (κ2) is 7.28. The van der Waals surface area contributed by atoms with Crippen molar-refractivity contribution in [1.29, 1.82) is 0 Å². The highest BCUT2D eigenvalue weighted by atomic mass is 16.3. The van der Waals surface area contributed by atoms with Crippen LogP contribution in [-0.2, 0) is 0 Å². The third kappa shape index (κ3) is 4.10. The fourth-order valence-electron chi connectivity index (χ4n) is 2.10. The van der Waals surface area contributed by atoms with Gasteiger partial charge in [0, 0.05) is 6.54 Å². The summed E-state index contributed by atoms with van der Waals surface area (Å²) in [6.45, 7) is 7.13. The average Bonchev–Trinajstić information content (AvgIpc) is 2.94. The highest BCUT2D eigenvalue weighted by molar-refractivity contribution is 5.94. The van der Waals surface area contributed by atoms with E-state index in [1.54, 1.807) is 0 Å². The van der Waals surface area contributed by atoms with E-state index in [-0.39, 0.29) is 17.4 Å². The Labute approximate surface area is 136 Å². The number of benzene rings is 1. The van der Waals surface area contributed by atoms with Crippen LogP contribution < -0.4 is 11.1 Å². The molecular weight excluding hydrogens is 292 g/mol. The van der Waals surface area contributed by atoms with Crippen LogP contribution in [0.3, 0.4) is 0 Å². The fourth-order valence-corrected chi connectivity index (χ4v) is 2.10. The molecule has 4 N–H and O–H groups in total. The quantitative estimate of drug-likeness (QED) is 0.760. The van der Waals surface area contributed by atoms with E-state index < -0.39 is 5.91 Å². The van der Waals surface area contributed by atoms with Gasteiger partial charge in [-0.05, 0) is 36.1 Å². The lowest BCUT2D eigenvalue weighted by Gasteiger charge is -2.09. The van der Waals surface area contributed by atoms with Crippen molar-refractivity contribution in [1.82, 2.24) is 15.1 Å². The molecule has 0 saturated carbocycles. The summed E-state index contributed by atoms with van der Waals surface area (Å²) in [7, 11) is 0. The molecular formula is C17H24N4O2. The second-order valence-electron chi connectivity index (χ2n) is 6.10. The van der Waals surface area contributed by atoms with Crippen LogP contribution in [0.4, 0.5) is 0 Å². The topological polar surface area (TPSA) is 93.2 Å². The Morgan fingerprint density at radius 1 is 1.30 bits per heavy atom. The lowest BCUT2D eigenvalue weighted by molar-refractivity contribution is 0.0940. The Kier molecular flexibility index (Phi) is 5.39. The predicted octanol–water partition coefficient (Wildman–Crippen LogP) is 2.03. The van der Waals surface area contributed by atoms with Crippen LogP contribution in [-0.4, -0.2) is 33.9 Å². The number of aromatic hydroxyl groups is 1. The van der Waals surface area contributed by atoms with Gasteiger partial charge in [-0.25, -0.2) is 4.68 Å². The van der Waals surface area contributed by atoms with Crippen molar-refractivity contribution in [2.75, 3.05) is 13.1 Å². The number of hydrogen-bond acceptors (Lipinski definition) is 4. The van der Waals surface area contributed by atoms with Crippen molar-refractivity contribution < 1.29 is 9.90 Å². The maximum absolute atomic E-state index is 12.1. The van der Waals surface area contributed by atoms with Crippen molar-refractivity contribution in [3.05, 3.63) is 41.7 Å². The highest BCUT2D eigenvalue weighted by Crippen LogP contribution is 2.20. The van der Waals surface area contributed by atoms with Gasteiger partial charge in [0.1, 0.15) is 0 Å². The monoisotopic (exact) mass is 316 g/mol. The molecule has 6 heteroatoms. The van der Waals surface area contributed by atoms with Gasteiger partial charge in [-0.1, -0.05) is 32.9 Å². The third-order valence-electron chi connectivity index (χ3n) is 3.75.